The first-order chi connectivity index (χ1) is 12.0. The largest absolute Gasteiger partial charge is 0.355 e. The van der Waals surface area contributed by atoms with Gasteiger partial charge in [0.15, 0.2) is 11.1 Å². The highest BCUT2D eigenvalue weighted by Crippen LogP contribution is 2.48. The maximum Gasteiger partial charge on any atom is 0.186 e. The normalized spacial score (nSPS) is 15.6. The van der Waals surface area contributed by atoms with Crippen LogP contribution < -0.4 is 5.32 Å². The fourth-order valence-electron chi connectivity index (χ4n) is 3.74. The molecule has 0 saturated heterocycles. The molecular formula is C21H19NO2S. The molecule has 1 aliphatic heterocycles. The number of anilines is 2. The quantitative estimate of drug-likeness (QED) is 0.616. The molecule has 126 valence electrons. The first kappa shape index (κ1) is 16.1. The van der Waals surface area contributed by atoms with Crippen LogP contribution >= 0.6 is 0 Å². The van der Waals surface area contributed by atoms with Crippen molar-refractivity contribution in [1.82, 2.24) is 0 Å². The lowest BCUT2D eigenvalue weighted by Gasteiger charge is -2.37. The third-order valence-electron chi connectivity index (χ3n) is 4.93. The van der Waals surface area contributed by atoms with Gasteiger partial charge in [-0.3, -0.25) is 0 Å². The Kier molecular flexibility index (Phi) is 3.74. The zero-order valence-corrected chi connectivity index (χ0v) is 14.9. The van der Waals surface area contributed by atoms with Gasteiger partial charge in [0.05, 0.1) is 4.90 Å². The summed E-state index contributed by atoms with van der Waals surface area (Å²) < 4.78 is 20.5. The SMILES string of the molecule is CC1(C)c2ccccc2Nc2cccc(-c3ccc(S(=O)O)cc3)c21. The lowest BCUT2D eigenvalue weighted by atomic mass is 9.71. The van der Waals surface area contributed by atoms with E-state index in [0.717, 1.165) is 22.5 Å². The molecule has 4 rings (SSSR count). The maximum atomic E-state index is 11.2. The van der Waals surface area contributed by atoms with Crippen LogP contribution in [0.5, 0.6) is 0 Å². The molecular weight excluding hydrogens is 330 g/mol. The second-order valence-electron chi connectivity index (χ2n) is 6.80. The smallest absolute Gasteiger partial charge is 0.186 e. The minimum Gasteiger partial charge on any atom is -0.355 e. The van der Waals surface area contributed by atoms with E-state index in [0.29, 0.717) is 4.90 Å². The zero-order valence-electron chi connectivity index (χ0n) is 14.1. The highest BCUT2D eigenvalue weighted by molar-refractivity contribution is 7.79. The molecule has 0 aromatic heterocycles. The number of benzene rings is 3. The summed E-state index contributed by atoms with van der Waals surface area (Å²) in [5.74, 6) is 0. The second-order valence-corrected chi connectivity index (χ2v) is 7.77. The molecule has 3 nitrogen and oxygen atoms in total. The van der Waals surface area contributed by atoms with Gasteiger partial charge < -0.3 is 9.87 Å². The monoisotopic (exact) mass is 349 g/mol. The summed E-state index contributed by atoms with van der Waals surface area (Å²) in [7, 11) is 0. The van der Waals surface area contributed by atoms with E-state index in [9.17, 15) is 8.76 Å². The molecule has 1 heterocycles. The molecule has 0 amide bonds. The number of rotatable bonds is 2. The fraction of sp³-hybridized carbons (Fsp3) is 0.143. The van der Waals surface area contributed by atoms with Crippen LogP contribution in [0, 0.1) is 0 Å². The van der Waals surface area contributed by atoms with Crippen LogP contribution in [0.15, 0.2) is 71.6 Å². The molecule has 1 unspecified atom stereocenters. The molecule has 0 radical (unpaired) electrons. The summed E-state index contributed by atoms with van der Waals surface area (Å²) in [5.41, 5.74) is 6.79. The van der Waals surface area contributed by atoms with E-state index in [-0.39, 0.29) is 5.41 Å². The van der Waals surface area contributed by atoms with Crippen molar-refractivity contribution in [3.63, 3.8) is 0 Å². The fourth-order valence-corrected chi connectivity index (χ4v) is 4.11. The number of hydrogen-bond acceptors (Lipinski definition) is 2. The van der Waals surface area contributed by atoms with Crippen LogP contribution in [-0.2, 0) is 16.5 Å². The van der Waals surface area contributed by atoms with E-state index in [1.54, 1.807) is 12.1 Å². The third kappa shape index (κ3) is 2.58. The maximum absolute atomic E-state index is 11.2. The summed E-state index contributed by atoms with van der Waals surface area (Å²) in [6, 6.07) is 21.9. The van der Waals surface area contributed by atoms with Gasteiger partial charge in [0.1, 0.15) is 0 Å². The van der Waals surface area contributed by atoms with E-state index in [1.165, 1.54) is 11.1 Å². The summed E-state index contributed by atoms with van der Waals surface area (Å²) in [6.45, 7) is 4.48. The van der Waals surface area contributed by atoms with E-state index in [1.807, 2.05) is 24.3 Å². The van der Waals surface area contributed by atoms with Gasteiger partial charge in [0, 0.05) is 16.8 Å². The lowest BCUT2D eigenvalue weighted by molar-refractivity contribution is 0.564. The first-order valence-electron chi connectivity index (χ1n) is 8.20. The van der Waals surface area contributed by atoms with Crippen molar-refractivity contribution in [3.8, 4) is 11.1 Å². The lowest BCUT2D eigenvalue weighted by Crippen LogP contribution is -2.26. The predicted octanol–water partition coefficient (Wildman–Crippen LogP) is 5.32. The van der Waals surface area contributed by atoms with Crippen molar-refractivity contribution < 1.29 is 8.76 Å². The molecule has 1 aliphatic rings. The van der Waals surface area contributed by atoms with Gasteiger partial charge in [-0.25, -0.2) is 4.21 Å². The number of para-hydroxylation sites is 1. The Morgan fingerprint density at radius 3 is 2.28 bits per heavy atom. The van der Waals surface area contributed by atoms with Crippen LogP contribution in [0.1, 0.15) is 25.0 Å². The Balaban J connectivity index is 1.90. The first-order valence-corrected chi connectivity index (χ1v) is 9.30. The molecule has 25 heavy (non-hydrogen) atoms. The van der Waals surface area contributed by atoms with E-state index in [2.05, 4.69) is 49.5 Å². The van der Waals surface area contributed by atoms with Crippen LogP contribution in [-0.4, -0.2) is 8.76 Å². The van der Waals surface area contributed by atoms with Gasteiger partial charge in [-0.2, -0.15) is 0 Å². The van der Waals surface area contributed by atoms with E-state index >= 15 is 0 Å². The van der Waals surface area contributed by atoms with Crippen molar-refractivity contribution in [2.75, 3.05) is 5.32 Å². The van der Waals surface area contributed by atoms with Crippen molar-refractivity contribution >= 4 is 22.5 Å². The average Bonchev–Trinajstić information content (AvgIpc) is 2.61. The van der Waals surface area contributed by atoms with Crippen molar-refractivity contribution in [2.24, 2.45) is 0 Å². The Morgan fingerprint density at radius 1 is 0.880 bits per heavy atom. The van der Waals surface area contributed by atoms with Crippen molar-refractivity contribution in [3.05, 3.63) is 77.9 Å². The molecule has 0 aliphatic carbocycles. The number of hydrogen-bond donors (Lipinski definition) is 2. The molecule has 3 aromatic rings. The van der Waals surface area contributed by atoms with Gasteiger partial charge in [-0.05, 0) is 46.5 Å². The van der Waals surface area contributed by atoms with Crippen molar-refractivity contribution in [1.29, 1.82) is 0 Å². The highest BCUT2D eigenvalue weighted by Gasteiger charge is 2.34. The molecule has 3 aromatic carbocycles. The molecule has 1 atom stereocenters. The zero-order chi connectivity index (χ0) is 17.6. The van der Waals surface area contributed by atoms with Gasteiger partial charge in [-0.1, -0.05) is 56.3 Å². The highest BCUT2D eigenvalue weighted by atomic mass is 32.2. The van der Waals surface area contributed by atoms with Gasteiger partial charge in [0.2, 0.25) is 0 Å². The Bertz CT molecular complexity index is 977. The van der Waals surface area contributed by atoms with Gasteiger partial charge in [0.25, 0.3) is 0 Å². The molecule has 0 saturated carbocycles. The Labute approximate surface area is 150 Å². The van der Waals surface area contributed by atoms with Gasteiger partial charge >= 0.3 is 0 Å². The third-order valence-corrected chi connectivity index (χ3v) is 5.60. The molecule has 2 N–H and O–H groups in total. The topological polar surface area (TPSA) is 49.3 Å². The Morgan fingerprint density at radius 2 is 1.56 bits per heavy atom. The van der Waals surface area contributed by atoms with Crippen LogP contribution in [0.2, 0.25) is 0 Å². The predicted molar refractivity (Wildman–Crippen MR) is 103 cm³/mol. The average molecular weight is 349 g/mol. The van der Waals surface area contributed by atoms with Crippen LogP contribution in [0.3, 0.4) is 0 Å². The second kappa shape index (κ2) is 5.83. The minimum absolute atomic E-state index is 0.147. The van der Waals surface area contributed by atoms with Gasteiger partial charge in [-0.15, -0.1) is 0 Å². The standard InChI is InChI=1S/C21H19NO2S/c1-21(2)17-7-3-4-8-18(17)22-19-9-5-6-16(20(19)21)14-10-12-15(13-11-14)25(23)24/h3-13,22H,1-2H3,(H,23,24). The summed E-state index contributed by atoms with van der Waals surface area (Å²) in [6.07, 6.45) is 0. The summed E-state index contributed by atoms with van der Waals surface area (Å²) in [5, 5.41) is 3.55. The van der Waals surface area contributed by atoms with Crippen LogP contribution in [0.25, 0.3) is 11.1 Å². The summed E-state index contributed by atoms with van der Waals surface area (Å²) in [4.78, 5) is 0.413. The molecule has 4 heteroatoms. The number of nitrogens with one attached hydrogen (secondary N) is 1. The molecule has 0 bridgehead atoms. The van der Waals surface area contributed by atoms with Crippen molar-refractivity contribution in [2.45, 2.75) is 24.2 Å². The van der Waals surface area contributed by atoms with E-state index < -0.39 is 11.1 Å². The molecule has 0 spiro atoms. The molecule has 0 fully saturated rings. The minimum atomic E-state index is -1.95. The van der Waals surface area contributed by atoms with E-state index in [4.69, 9.17) is 0 Å². The number of fused-ring (bicyclic) bond motifs is 2. The van der Waals surface area contributed by atoms with Crippen LogP contribution in [0.4, 0.5) is 11.4 Å². The Hall–Kier alpha value is -2.43. The summed E-state index contributed by atoms with van der Waals surface area (Å²) >= 11 is -1.95.